The fraction of sp³-hybridized carbons (Fsp3) is 0.700. The zero-order chi connectivity index (χ0) is 12.1. The predicted molar refractivity (Wildman–Crippen MR) is 55.9 cm³/mol. The maximum absolute atomic E-state index is 11.6. The third kappa shape index (κ3) is 3.62. The Morgan fingerprint density at radius 2 is 2.19 bits per heavy atom. The second kappa shape index (κ2) is 5.60. The number of Topliss-reactive ketones (excluding diaryl/α,β-unsaturated/α-hetero) is 1. The van der Waals surface area contributed by atoms with Gasteiger partial charge in [0.05, 0.1) is 18.5 Å². The van der Waals surface area contributed by atoms with Gasteiger partial charge in [0.2, 0.25) is 5.91 Å². The van der Waals surface area contributed by atoms with Gasteiger partial charge in [-0.1, -0.05) is 0 Å². The van der Waals surface area contributed by atoms with Crippen LogP contribution in [0.1, 0.15) is 26.2 Å². The van der Waals surface area contributed by atoms with E-state index in [-0.39, 0.29) is 24.2 Å². The molecular weight excluding hydrogens is 212 g/mol. The molecule has 0 aliphatic carbocycles. The molecule has 1 heterocycles. The Hall–Kier alpha value is -1.43. The van der Waals surface area contributed by atoms with E-state index in [9.17, 15) is 14.4 Å². The Morgan fingerprint density at radius 1 is 1.50 bits per heavy atom. The molecule has 0 saturated carbocycles. The minimum absolute atomic E-state index is 0.293. The fourth-order valence-electron chi connectivity index (χ4n) is 1.65. The van der Waals surface area contributed by atoms with Crippen LogP contribution < -0.4 is 10.6 Å². The van der Waals surface area contributed by atoms with E-state index in [1.54, 1.807) is 0 Å². The smallest absolute Gasteiger partial charge is 0.305 e. The molecule has 16 heavy (non-hydrogen) atoms. The van der Waals surface area contributed by atoms with Crippen molar-refractivity contribution >= 4 is 17.7 Å². The van der Waals surface area contributed by atoms with Crippen molar-refractivity contribution in [3.05, 3.63) is 0 Å². The molecule has 3 N–H and O–H groups in total. The number of carbonyl (C=O) groups excluding carboxylic acids is 2. The van der Waals surface area contributed by atoms with Crippen molar-refractivity contribution in [3.8, 4) is 0 Å². The van der Waals surface area contributed by atoms with Crippen LogP contribution in [-0.2, 0) is 14.4 Å². The third-order valence-electron chi connectivity index (χ3n) is 2.56. The fourth-order valence-corrected chi connectivity index (χ4v) is 1.65. The first-order valence-electron chi connectivity index (χ1n) is 5.26. The molecule has 1 saturated heterocycles. The minimum Gasteiger partial charge on any atom is -0.481 e. The average molecular weight is 228 g/mol. The Kier molecular flexibility index (Phi) is 4.42. The van der Waals surface area contributed by atoms with Gasteiger partial charge in [-0.2, -0.15) is 0 Å². The van der Waals surface area contributed by atoms with Crippen LogP contribution in [0.4, 0.5) is 0 Å². The molecule has 0 aromatic carbocycles. The molecule has 0 spiro atoms. The SMILES string of the molecule is CC(=O)[C@H](CC(=O)O)NC(=O)[C@@H]1CCCN1. The summed E-state index contributed by atoms with van der Waals surface area (Å²) in [7, 11) is 0. The summed E-state index contributed by atoms with van der Waals surface area (Å²) in [4.78, 5) is 33.3. The minimum atomic E-state index is -1.10. The summed E-state index contributed by atoms with van der Waals surface area (Å²) in [6.07, 6.45) is 1.28. The molecule has 1 aliphatic heterocycles. The maximum Gasteiger partial charge on any atom is 0.305 e. The van der Waals surface area contributed by atoms with Gasteiger partial charge in [-0.25, -0.2) is 0 Å². The van der Waals surface area contributed by atoms with Crippen molar-refractivity contribution in [2.45, 2.75) is 38.3 Å². The van der Waals surface area contributed by atoms with E-state index >= 15 is 0 Å². The number of ketones is 1. The van der Waals surface area contributed by atoms with Crippen LogP contribution in [0.2, 0.25) is 0 Å². The molecule has 90 valence electrons. The Labute approximate surface area is 93.4 Å². The van der Waals surface area contributed by atoms with E-state index in [1.165, 1.54) is 6.92 Å². The van der Waals surface area contributed by atoms with Crippen LogP contribution in [0.25, 0.3) is 0 Å². The number of aliphatic carboxylic acids is 1. The Bertz CT molecular complexity index is 297. The van der Waals surface area contributed by atoms with Gasteiger partial charge < -0.3 is 15.7 Å². The van der Waals surface area contributed by atoms with E-state index in [2.05, 4.69) is 10.6 Å². The Balaban J connectivity index is 2.50. The molecule has 0 aromatic rings. The van der Waals surface area contributed by atoms with Gasteiger partial charge in [-0.05, 0) is 26.3 Å². The van der Waals surface area contributed by atoms with Crippen molar-refractivity contribution in [2.75, 3.05) is 6.54 Å². The molecule has 6 heteroatoms. The lowest BCUT2D eigenvalue weighted by Crippen LogP contribution is -2.48. The number of carbonyl (C=O) groups is 3. The maximum atomic E-state index is 11.6. The highest BCUT2D eigenvalue weighted by Crippen LogP contribution is 2.05. The van der Waals surface area contributed by atoms with Gasteiger partial charge >= 0.3 is 5.97 Å². The number of rotatable bonds is 5. The first-order chi connectivity index (χ1) is 7.50. The normalized spacial score (nSPS) is 21.4. The third-order valence-corrected chi connectivity index (χ3v) is 2.56. The lowest BCUT2D eigenvalue weighted by Gasteiger charge is -2.17. The first kappa shape index (κ1) is 12.6. The van der Waals surface area contributed by atoms with Crippen LogP contribution >= 0.6 is 0 Å². The van der Waals surface area contributed by atoms with E-state index in [4.69, 9.17) is 5.11 Å². The van der Waals surface area contributed by atoms with Crippen molar-refractivity contribution in [2.24, 2.45) is 0 Å². The van der Waals surface area contributed by atoms with Gasteiger partial charge in [0.25, 0.3) is 0 Å². The number of amides is 1. The van der Waals surface area contributed by atoms with Gasteiger partial charge in [-0.3, -0.25) is 14.4 Å². The van der Waals surface area contributed by atoms with Crippen LogP contribution in [-0.4, -0.2) is 41.4 Å². The van der Waals surface area contributed by atoms with Crippen LogP contribution in [0.3, 0.4) is 0 Å². The van der Waals surface area contributed by atoms with Gasteiger partial charge in [0, 0.05) is 0 Å². The topological polar surface area (TPSA) is 95.5 Å². The number of carboxylic acids is 1. The molecule has 1 aliphatic rings. The summed E-state index contributed by atoms with van der Waals surface area (Å²) in [5.41, 5.74) is 0. The van der Waals surface area contributed by atoms with Crippen LogP contribution in [0, 0.1) is 0 Å². The van der Waals surface area contributed by atoms with Crippen molar-refractivity contribution in [3.63, 3.8) is 0 Å². The first-order valence-corrected chi connectivity index (χ1v) is 5.26. The van der Waals surface area contributed by atoms with E-state index < -0.39 is 12.0 Å². The Morgan fingerprint density at radius 3 is 2.62 bits per heavy atom. The molecule has 0 aromatic heterocycles. The van der Waals surface area contributed by atoms with Crippen molar-refractivity contribution in [1.29, 1.82) is 0 Å². The largest absolute Gasteiger partial charge is 0.481 e. The van der Waals surface area contributed by atoms with Gasteiger partial charge in [0.1, 0.15) is 0 Å². The molecule has 1 fully saturated rings. The molecule has 6 nitrogen and oxygen atoms in total. The van der Waals surface area contributed by atoms with E-state index in [0.717, 1.165) is 19.4 Å². The molecule has 1 rings (SSSR count). The summed E-state index contributed by atoms with van der Waals surface area (Å²) in [6.45, 7) is 2.05. The molecule has 1 amide bonds. The summed E-state index contributed by atoms with van der Waals surface area (Å²) in [5.74, 6) is -1.73. The molecular formula is C10H16N2O4. The lowest BCUT2D eigenvalue weighted by atomic mass is 10.1. The zero-order valence-corrected chi connectivity index (χ0v) is 9.16. The standard InChI is InChI=1S/C10H16N2O4/c1-6(13)8(5-9(14)15)12-10(16)7-3-2-4-11-7/h7-8,11H,2-5H2,1H3,(H,12,16)(H,14,15)/t7-,8-/m0/s1. The molecule has 0 bridgehead atoms. The quantitative estimate of drug-likeness (QED) is 0.577. The highest BCUT2D eigenvalue weighted by Gasteiger charge is 2.26. The predicted octanol–water partition coefficient (Wildman–Crippen LogP) is -0.713. The van der Waals surface area contributed by atoms with Gasteiger partial charge in [-0.15, -0.1) is 0 Å². The van der Waals surface area contributed by atoms with Gasteiger partial charge in [0.15, 0.2) is 5.78 Å². The second-order valence-electron chi connectivity index (χ2n) is 3.92. The zero-order valence-electron chi connectivity index (χ0n) is 9.16. The number of hydrogen-bond donors (Lipinski definition) is 3. The molecule has 2 atom stereocenters. The van der Waals surface area contributed by atoms with Crippen LogP contribution in [0.15, 0.2) is 0 Å². The number of carboxylic acid groups (broad SMARTS) is 1. The molecule has 0 unspecified atom stereocenters. The highest BCUT2D eigenvalue weighted by atomic mass is 16.4. The average Bonchev–Trinajstić information content (AvgIpc) is 2.68. The summed E-state index contributed by atoms with van der Waals surface area (Å²) >= 11 is 0. The lowest BCUT2D eigenvalue weighted by molar-refractivity contribution is -0.140. The van der Waals surface area contributed by atoms with Crippen LogP contribution in [0.5, 0.6) is 0 Å². The number of hydrogen-bond acceptors (Lipinski definition) is 4. The summed E-state index contributed by atoms with van der Waals surface area (Å²) in [5, 5.41) is 14.0. The van der Waals surface area contributed by atoms with E-state index in [1.807, 2.05) is 0 Å². The summed E-state index contributed by atoms with van der Waals surface area (Å²) in [6, 6.07) is -1.22. The van der Waals surface area contributed by atoms with E-state index in [0.29, 0.717) is 0 Å². The monoisotopic (exact) mass is 228 g/mol. The van der Waals surface area contributed by atoms with Crippen molar-refractivity contribution < 1.29 is 19.5 Å². The van der Waals surface area contributed by atoms with Crippen molar-refractivity contribution in [1.82, 2.24) is 10.6 Å². The highest BCUT2D eigenvalue weighted by molar-refractivity contribution is 5.92. The number of nitrogens with one attached hydrogen (secondary N) is 2. The summed E-state index contributed by atoms with van der Waals surface area (Å²) < 4.78 is 0. The second-order valence-corrected chi connectivity index (χ2v) is 3.92. The molecule has 0 radical (unpaired) electrons.